The Morgan fingerprint density at radius 2 is 1.67 bits per heavy atom. The van der Waals surface area contributed by atoms with E-state index < -0.39 is 0 Å². The lowest BCUT2D eigenvalue weighted by Gasteiger charge is -2.15. The van der Waals surface area contributed by atoms with Gasteiger partial charge in [-0.15, -0.1) is 0 Å². The van der Waals surface area contributed by atoms with Crippen molar-refractivity contribution in [2.75, 3.05) is 34.9 Å². The summed E-state index contributed by atoms with van der Waals surface area (Å²) in [5, 5.41) is 3.15. The smallest absolute Gasteiger partial charge is 0.203 e. The Morgan fingerprint density at radius 3 is 2.22 bits per heavy atom. The van der Waals surface area contributed by atoms with E-state index in [9.17, 15) is 0 Å². The van der Waals surface area contributed by atoms with E-state index in [-0.39, 0.29) is 0 Å². The molecule has 0 radical (unpaired) electrons. The molecule has 0 aliphatic carbocycles. The van der Waals surface area contributed by atoms with Crippen molar-refractivity contribution in [2.24, 2.45) is 0 Å². The number of ether oxygens (including phenoxy) is 3. The summed E-state index contributed by atoms with van der Waals surface area (Å²) in [6.45, 7) is 1.04. The molecule has 1 N–H and O–H groups in total. The average Bonchev–Trinajstić information content (AvgIpc) is 2.42. The van der Waals surface area contributed by atoms with Crippen LogP contribution in [0.4, 0.5) is 0 Å². The molecule has 0 aliphatic heterocycles. The highest BCUT2D eigenvalue weighted by Crippen LogP contribution is 2.40. The summed E-state index contributed by atoms with van der Waals surface area (Å²) in [6.07, 6.45) is 3.24. The fourth-order valence-electron chi connectivity index (χ4n) is 1.98. The van der Waals surface area contributed by atoms with Gasteiger partial charge in [0.1, 0.15) is 0 Å². The van der Waals surface area contributed by atoms with E-state index in [1.165, 1.54) is 0 Å². The molecule has 0 fully saturated rings. The first-order chi connectivity index (χ1) is 8.78. The number of aryl methyl sites for hydroxylation is 1. The predicted octanol–water partition coefficient (Wildman–Crippen LogP) is 2.25. The molecule has 0 spiro atoms. The van der Waals surface area contributed by atoms with Crippen LogP contribution in [-0.4, -0.2) is 34.9 Å². The van der Waals surface area contributed by atoms with Crippen molar-refractivity contribution < 1.29 is 14.2 Å². The highest BCUT2D eigenvalue weighted by atomic mass is 16.5. The average molecular weight is 253 g/mol. The van der Waals surface area contributed by atoms with Crippen LogP contribution in [0, 0.1) is 0 Å². The van der Waals surface area contributed by atoms with Crippen LogP contribution in [0.2, 0.25) is 0 Å². The van der Waals surface area contributed by atoms with Gasteiger partial charge in [0.05, 0.1) is 21.3 Å². The van der Waals surface area contributed by atoms with Gasteiger partial charge in [-0.3, -0.25) is 0 Å². The minimum atomic E-state index is 0.672. The summed E-state index contributed by atoms with van der Waals surface area (Å²) in [7, 11) is 6.89. The van der Waals surface area contributed by atoms with Gasteiger partial charge in [-0.25, -0.2) is 0 Å². The van der Waals surface area contributed by atoms with Crippen LogP contribution in [0.1, 0.15) is 18.4 Å². The SMILES string of the molecule is CNCCCCc1ccc(OC)c(OC)c1OC. The minimum absolute atomic E-state index is 0.672. The molecule has 0 heterocycles. The number of unbranched alkanes of at least 4 members (excludes halogenated alkanes) is 1. The highest BCUT2D eigenvalue weighted by molar-refractivity contribution is 5.55. The lowest BCUT2D eigenvalue weighted by molar-refractivity contribution is 0.322. The molecule has 102 valence electrons. The molecule has 0 amide bonds. The second-order valence-corrected chi connectivity index (χ2v) is 4.05. The Bertz CT molecular complexity index is 366. The van der Waals surface area contributed by atoms with Gasteiger partial charge in [-0.1, -0.05) is 6.07 Å². The summed E-state index contributed by atoms with van der Waals surface area (Å²) in [5.74, 6) is 2.15. The Morgan fingerprint density at radius 1 is 0.944 bits per heavy atom. The van der Waals surface area contributed by atoms with Gasteiger partial charge in [0, 0.05) is 0 Å². The van der Waals surface area contributed by atoms with Crippen LogP contribution >= 0.6 is 0 Å². The molecule has 0 bridgehead atoms. The third-order valence-electron chi connectivity index (χ3n) is 2.91. The topological polar surface area (TPSA) is 39.7 Å². The van der Waals surface area contributed by atoms with Gasteiger partial charge >= 0.3 is 0 Å². The summed E-state index contributed by atoms with van der Waals surface area (Å²) in [5.41, 5.74) is 1.16. The number of methoxy groups -OCH3 is 3. The molecule has 0 aliphatic rings. The van der Waals surface area contributed by atoms with E-state index in [4.69, 9.17) is 14.2 Å². The molecule has 1 aromatic rings. The van der Waals surface area contributed by atoms with Crippen molar-refractivity contribution in [3.63, 3.8) is 0 Å². The summed E-state index contributed by atoms with van der Waals surface area (Å²) >= 11 is 0. The summed E-state index contributed by atoms with van der Waals surface area (Å²) < 4.78 is 16.1. The third-order valence-corrected chi connectivity index (χ3v) is 2.91. The molecule has 1 rings (SSSR count). The molecule has 0 aromatic heterocycles. The zero-order chi connectivity index (χ0) is 13.4. The van der Waals surface area contributed by atoms with Gasteiger partial charge in [0.2, 0.25) is 5.75 Å². The zero-order valence-corrected chi connectivity index (χ0v) is 11.7. The molecule has 0 saturated carbocycles. The van der Waals surface area contributed by atoms with Gasteiger partial charge in [-0.2, -0.15) is 0 Å². The van der Waals surface area contributed by atoms with E-state index in [0.717, 1.165) is 37.1 Å². The molecule has 0 saturated heterocycles. The minimum Gasteiger partial charge on any atom is -0.493 e. The van der Waals surface area contributed by atoms with Crippen molar-refractivity contribution in [3.05, 3.63) is 17.7 Å². The lowest BCUT2D eigenvalue weighted by Crippen LogP contribution is -2.07. The van der Waals surface area contributed by atoms with Gasteiger partial charge in [-0.05, 0) is 44.5 Å². The Balaban J connectivity index is 2.84. The van der Waals surface area contributed by atoms with Crippen LogP contribution in [0.15, 0.2) is 12.1 Å². The summed E-state index contributed by atoms with van der Waals surface area (Å²) in [6, 6.07) is 3.97. The van der Waals surface area contributed by atoms with E-state index in [0.29, 0.717) is 11.5 Å². The first-order valence-corrected chi connectivity index (χ1v) is 6.20. The highest BCUT2D eigenvalue weighted by Gasteiger charge is 2.15. The van der Waals surface area contributed by atoms with Crippen LogP contribution < -0.4 is 19.5 Å². The molecule has 0 unspecified atom stereocenters. The van der Waals surface area contributed by atoms with Crippen LogP contribution in [0.3, 0.4) is 0 Å². The normalized spacial score (nSPS) is 10.2. The fourth-order valence-corrected chi connectivity index (χ4v) is 1.98. The van der Waals surface area contributed by atoms with Crippen LogP contribution in [0.5, 0.6) is 17.2 Å². The maximum atomic E-state index is 5.45. The Kier molecular flexibility index (Phi) is 6.36. The number of nitrogens with one attached hydrogen (secondary N) is 1. The van der Waals surface area contributed by atoms with E-state index in [2.05, 4.69) is 5.32 Å². The van der Waals surface area contributed by atoms with Gasteiger partial charge < -0.3 is 19.5 Å². The van der Waals surface area contributed by atoms with E-state index in [1.54, 1.807) is 21.3 Å². The summed E-state index contributed by atoms with van der Waals surface area (Å²) in [4.78, 5) is 0. The van der Waals surface area contributed by atoms with Gasteiger partial charge in [0.15, 0.2) is 11.5 Å². The molecule has 0 atom stereocenters. The number of benzene rings is 1. The van der Waals surface area contributed by atoms with Crippen molar-refractivity contribution in [1.29, 1.82) is 0 Å². The molecular formula is C14H23NO3. The Hall–Kier alpha value is -1.42. The molecule has 18 heavy (non-hydrogen) atoms. The molecule has 4 heteroatoms. The molecular weight excluding hydrogens is 230 g/mol. The fraction of sp³-hybridized carbons (Fsp3) is 0.571. The number of hydrogen-bond acceptors (Lipinski definition) is 4. The standard InChI is InChI=1S/C14H23NO3/c1-15-10-6-5-7-11-8-9-12(16-2)14(18-4)13(11)17-3/h8-9,15H,5-7,10H2,1-4H3. The number of hydrogen-bond donors (Lipinski definition) is 1. The van der Waals surface area contributed by atoms with E-state index >= 15 is 0 Å². The van der Waals surface area contributed by atoms with Crippen molar-refractivity contribution in [2.45, 2.75) is 19.3 Å². The number of rotatable bonds is 8. The third kappa shape index (κ3) is 3.53. The van der Waals surface area contributed by atoms with Crippen LogP contribution in [0.25, 0.3) is 0 Å². The Labute approximate surface area is 109 Å². The van der Waals surface area contributed by atoms with Gasteiger partial charge in [0.25, 0.3) is 0 Å². The maximum Gasteiger partial charge on any atom is 0.203 e. The monoisotopic (exact) mass is 253 g/mol. The first-order valence-electron chi connectivity index (χ1n) is 6.20. The quantitative estimate of drug-likeness (QED) is 0.721. The second-order valence-electron chi connectivity index (χ2n) is 4.05. The van der Waals surface area contributed by atoms with Crippen LogP contribution in [-0.2, 0) is 6.42 Å². The maximum absolute atomic E-state index is 5.45. The predicted molar refractivity (Wildman–Crippen MR) is 73.0 cm³/mol. The van der Waals surface area contributed by atoms with E-state index in [1.807, 2.05) is 19.2 Å². The van der Waals surface area contributed by atoms with Crippen molar-refractivity contribution in [3.8, 4) is 17.2 Å². The zero-order valence-electron chi connectivity index (χ0n) is 11.7. The molecule has 1 aromatic carbocycles. The molecule has 4 nitrogen and oxygen atoms in total. The van der Waals surface area contributed by atoms with Crippen molar-refractivity contribution >= 4 is 0 Å². The first kappa shape index (κ1) is 14.6. The largest absolute Gasteiger partial charge is 0.493 e. The lowest BCUT2D eigenvalue weighted by atomic mass is 10.1. The van der Waals surface area contributed by atoms with Crippen molar-refractivity contribution in [1.82, 2.24) is 5.32 Å². The second kappa shape index (κ2) is 7.82.